The van der Waals surface area contributed by atoms with Gasteiger partial charge in [0.05, 0.1) is 28.2 Å². The highest BCUT2D eigenvalue weighted by molar-refractivity contribution is 6.01. The molecule has 2 nitrogen and oxygen atoms in total. The third-order valence-electron chi connectivity index (χ3n) is 14.1. The van der Waals surface area contributed by atoms with E-state index in [0.29, 0.717) is 0 Å². The van der Waals surface area contributed by atoms with Crippen LogP contribution in [0.2, 0.25) is 0 Å². The zero-order valence-corrected chi connectivity index (χ0v) is 37.3. The second-order valence-electron chi connectivity index (χ2n) is 17.8. The first-order valence-corrected chi connectivity index (χ1v) is 23.4. The minimum atomic E-state index is -0.620. The van der Waals surface area contributed by atoms with Crippen molar-refractivity contribution in [3.05, 3.63) is 289 Å². The molecule has 1 spiro atoms. The van der Waals surface area contributed by atoms with Gasteiger partial charge in [0.25, 0.3) is 0 Å². The van der Waals surface area contributed by atoms with Gasteiger partial charge in [-0.3, -0.25) is 0 Å². The number of para-hydroxylation sites is 3. The molecular formula is C66H44N2. The first kappa shape index (κ1) is 39.5. The molecule has 0 radical (unpaired) electrons. The van der Waals surface area contributed by atoms with Crippen molar-refractivity contribution in [2.75, 3.05) is 4.90 Å². The van der Waals surface area contributed by atoms with Crippen LogP contribution in [-0.4, -0.2) is 4.98 Å². The molecule has 11 aromatic rings. The van der Waals surface area contributed by atoms with Gasteiger partial charge in [0.2, 0.25) is 0 Å². The van der Waals surface area contributed by atoms with E-state index in [0.717, 1.165) is 39.3 Å². The molecule has 0 unspecified atom stereocenters. The van der Waals surface area contributed by atoms with Crippen LogP contribution < -0.4 is 4.90 Å². The molecule has 2 aliphatic rings. The summed E-state index contributed by atoms with van der Waals surface area (Å²) in [6, 6.07) is 97.3. The van der Waals surface area contributed by atoms with E-state index in [-0.39, 0.29) is 0 Å². The third kappa shape index (κ3) is 6.37. The SMILES string of the molecule is c1ccc(-c2cccc(-c3ccc(-c4ccc5c(c4)-c4c(-c6cc(-c7ccccc7)cc(-c7ccccc7)n6)cccc4C54c5ccccc5N(c5ccccc5)c5ccccc54)cc3)c2)cc1. The molecule has 68 heavy (non-hydrogen) atoms. The van der Waals surface area contributed by atoms with Crippen LogP contribution >= 0.6 is 0 Å². The summed E-state index contributed by atoms with van der Waals surface area (Å²) in [4.78, 5) is 8.00. The number of benzene rings is 10. The lowest BCUT2D eigenvalue weighted by atomic mass is 9.64. The van der Waals surface area contributed by atoms with Gasteiger partial charge in [-0.25, -0.2) is 4.98 Å². The van der Waals surface area contributed by atoms with Gasteiger partial charge < -0.3 is 4.90 Å². The minimum Gasteiger partial charge on any atom is -0.310 e. The molecule has 2 heteroatoms. The Balaban J connectivity index is 1.04. The quantitative estimate of drug-likeness (QED) is 0.159. The minimum absolute atomic E-state index is 0.620. The maximum atomic E-state index is 5.56. The van der Waals surface area contributed by atoms with Crippen LogP contribution in [0.25, 0.3) is 78.1 Å². The topological polar surface area (TPSA) is 16.1 Å². The van der Waals surface area contributed by atoms with E-state index in [1.807, 2.05) is 0 Å². The second-order valence-corrected chi connectivity index (χ2v) is 17.8. The van der Waals surface area contributed by atoms with E-state index in [1.54, 1.807) is 0 Å². The maximum Gasteiger partial charge on any atom is 0.0754 e. The highest BCUT2D eigenvalue weighted by Gasteiger charge is 2.52. The Morgan fingerprint density at radius 3 is 1.32 bits per heavy atom. The molecule has 13 rings (SSSR count). The van der Waals surface area contributed by atoms with Crippen molar-refractivity contribution in [1.82, 2.24) is 4.98 Å². The molecule has 1 aliphatic heterocycles. The molecule has 318 valence electrons. The van der Waals surface area contributed by atoms with Crippen molar-refractivity contribution in [3.8, 4) is 78.1 Å². The lowest BCUT2D eigenvalue weighted by Gasteiger charge is -2.45. The maximum absolute atomic E-state index is 5.56. The number of pyridine rings is 1. The van der Waals surface area contributed by atoms with Crippen LogP contribution in [0.3, 0.4) is 0 Å². The predicted molar refractivity (Wildman–Crippen MR) is 282 cm³/mol. The van der Waals surface area contributed by atoms with Gasteiger partial charge in [-0.05, 0) is 126 Å². The van der Waals surface area contributed by atoms with Crippen molar-refractivity contribution in [2.24, 2.45) is 0 Å². The van der Waals surface area contributed by atoms with E-state index in [4.69, 9.17) is 4.98 Å². The van der Waals surface area contributed by atoms with Gasteiger partial charge in [0.15, 0.2) is 0 Å². The van der Waals surface area contributed by atoms with Gasteiger partial charge in [-0.15, -0.1) is 0 Å². The van der Waals surface area contributed by atoms with Crippen molar-refractivity contribution < 1.29 is 0 Å². The number of fused-ring (bicyclic) bond motifs is 9. The first-order valence-electron chi connectivity index (χ1n) is 23.4. The molecule has 10 aromatic carbocycles. The number of anilines is 3. The first-order chi connectivity index (χ1) is 33.7. The molecule has 2 heterocycles. The number of hydrogen-bond acceptors (Lipinski definition) is 2. The molecule has 1 aromatic heterocycles. The van der Waals surface area contributed by atoms with Gasteiger partial charge in [-0.1, -0.05) is 218 Å². The van der Waals surface area contributed by atoms with E-state index in [9.17, 15) is 0 Å². The summed E-state index contributed by atoms with van der Waals surface area (Å²) in [6.45, 7) is 0. The highest BCUT2D eigenvalue weighted by Crippen LogP contribution is 2.65. The lowest BCUT2D eigenvalue weighted by molar-refractivity contribution is 0.753. The van der Waals surface area contributed by atoms with E-state index >= 15 is 0 Å². The predicted octanol–water partition coefficient (Wildman–Crippen LogP) is 17.2. The molecule has 0 amide bonds. The zero-order chi connectivity index (χ0) is 45.0. The monoisotopic (exact) mass is 864 g/mol. The molecule has 0 saturated heterocycles. The summed E-state index contributed by atoms with van der Waals surface area (Å²) in [5.74, 6) is 0. The summed E-state index contributed by atoms with van der Waals surface area (Å²) in [6.07, 6.45) is 0. The molecular weight excluding hydrogens is 821 g/mol. The van der Waals surface area contributed by atoms with Crippen LogP contribution in [0.4, 0.5) is 17.1 Å². The van der Waals surface area contributed by atoms with Crippen LogP contribution in [0, 0.1) is 0 Å². The Morgan fingerprint density at radius 2 is 0.706 bits per heavy atom. The average Bonchev–Trinajstić information content (AvgIpc) is 3.72. The Hall–Kier alpha value is -8.85. The van der Waals surface area contributed by atoms with Gasteiger partial charge in [0.1, 0.15) is 0 Å². The largest absolute Gasteiger partial charge is 0.310 e. The number of aromatic nitrogens is 1. The van der Waals surface area contributed by atoms with Crippen molar-refractivity contribution >= 4 is 17.1 Å². The number of rotatable bonds is 7. The number of hydrogen-bond donors (Lipinski definition) is 0. The van der Waals surface area contributed by atoms with Crippen molar-refractivity contribution in [1.29, 1.82) is 0 Å². The van der Waals surface area contributed by atoms with Crippen LogP contribution in [0.15, 0.2) is 267 Å². The van der Waals surface area contributed by atoms with Crippen LogP contribution in [-0.2, 0) is 5.41 Å². The summed E-state index contributed by atoms with van der Waals surface area (Å²) in [7, 11) is 0. The fourth-order valence-corrected chi connectivity index (χ4v) is 11.0. The van der Waals surface area contributed by atoms with E-state index in [2.05, 4.69) is 272 Å². The Kier molecular flexibility index (Phi) is 9.43. The van der Waals surface area contributed by atoms with Crippen LogP contribution in [0.1, 0.15) is 22.3 Å². The molecule has 0 fully saturated rings. The lowest BCUT2D eigenvalue weighted by Crippen LogP contribution is -2.36. The summed E-state index contributed by atoms with van der Waals surface area (Å²) in [5.41, 5.74) is 23.9. The van der Waals surface area contributed by atoms with Crippen LogP contribution in [0.5, 0.6) is 0 Å². The number of nitrogens with zero attached hydrogens (tertiary/aromatic N) is 2. The Morgan fingerprint density at radius 1 is 0.265 bits per heavy atom. The van der Waals surface area contributed by atoms with Gasteiger partial charge >= 0.3 is 0 Å². The summed E-state index contributed by atoms with van der Waals surface area (Å²) in [5, 5.41) is 0. The fourth-order valence-electron chi connectivity index (χ4n) is 11.0. The third-order valence-corrected chi connectivity index (χ3v) is 14.1. The van der Waals surface area contributed by atoms with Crippen molar-refractivity contribution in [3.63, 3.8) is 0 Å². The Bertz CT molecular complexity index is 3550. The highest BCUT2D eigenvalue weighted by atomic mass is 15.2. The Labute approximate surface area is 397 Å². The fraction of sp³-hybridized carbons (Fsp3) is 0.0152. The van der Waals surface area contributed by atoms with Gasteiger partial charge in [0, 0.05) is 16.8 Å². The molecule has 0 N–H and O–H groups in total. The van der Waals surface area contributed by atoms with Gasteiger partial charge in [-0.2, -0.15) is 0 Å². The summed E-state index contributed by atoms with van der Waals surface area (Å²) >= 11 is 0. The van der Waals surface area contributed by atoms with E-state index in [1.165, 1.54) is 78.1 Å². The normalized spacial score (nSPS) is 12.8. The summed E-state index contributed by atoms with van der Waals surface area (Å²) < 4.78 is 0. The van der Waals surface area contributed by atoms with E-state index < -0.39 is 5.41 Å². The zero-order valence-electron chi connectivity index (χ0n) is 37.3. The smallest absolute Gasteiger partial charge is 0.0754 e. The molecule has 0 bridgehead atoms. The second kappa shape index (κ2) is 16.2. The molecule has 1 aliphatic carbocycles. The average molecular weight is 865 g/mol. The van der Waals surface area contributed by atoms with Crippen molar-refractivity contribution in [2.45, 2.75) is 5.41 Å². The molecule has 0 atom stereocenters. The molecule has 0 saturated carbocycles. The standard InChI is InChI=1S/C66H44N2/c1-5-19-45(20-6-1)50-25-17-26-51(41-50)47-35-37-48(38-36-47)52-39-40-57-56(42-52)65-55(62-44-53(46-21-7-2-8-22-46)43-61(67-62)49-23-9-3-10-24-49)29-18-32-60(65)66(57)58-30-13-15-33-63(58)68(54-27-11-4-12-28-54)64-34-16-14-31-59(64)66/h1-44H.